The molecule has 5 fully saturated rings. The fourth-order valence-corrected chi connectivity index (χ4v) is 16.1. The van der Waals surface area contributed by atoms with Gasteiger partial charge in [0.1, 0.15) is 40.3 Å². The molecular weight excluding hydrogens is 1930 g/mol. The van der Waals surface area contributed by atoms with Crippen molar-refractivity contribution in [2.45, 2.75) is 240 Å². The van der Waals surface area contributed by atoms with Crippen molar-refractivity contribution in [1.29, 1.82) is 0 Å². The minimum absolute atomic E-state index is 0. The number of nitrogens with two attached hydrogens (primary N) is 3. The molecule has 5 atom stereocenters. The van der Waals surface area contributed by atoms with Gasteiger partial charge in [-0.25, -0.2) is 39.3 Å². The smallest absolute Gasteiger partial charge is 0.449 e. The first-order valence-corrected chi connectivity index (χ1v) is 49.1. The zero-order valence-electron chi connectivity index (χ0n) is 86.9. The topological polar surface area (TPSA) is 549 Å². The number of nitrogens with zero attached hydrogens (tertiary/aromatic N) is 14. The van der Waals surface area contributed by atoms with Crippen LogP contribution in [0.1, 0.15) is 243 Å². The number of hydrogen-bond acceptors (Lipinski definition) is 29. The SMILES string of the molecule is Cc1cc(NC(=O)C(=O)N2CCCCC2c2cccnc2)cnc1N.Cc1cc(NC(=O)C(=O)N2CCCCC2c2cccnc2)cnc1NC(=O)OC(C)(C)C.Cc1cc(NC(=O)C(=O)N2CCCC[C@@H]2c2cccnc2)cnc1N.Cc1cc(NC(=O)C(=O)N2CCCC[C@H]2c2cccnc2)cnc1N.Cc1cc(NC(=O)C(=O)OCC(F)(F)F)cnc1NC(=O)OC(C)(C)C.[CH2-]CCC.[Li+].c1cncc(C2CCCCN2)c1. The van der Waals surface area contributed by atoms with E-state index in [0.29, 0.717) is 89.4 Å². The number of likely N-dealkylation sites (tertiary alicyclic amines) is 4. The minimum atomic E-state index is -4.73. The molecule has 15 heterocycles. The summed E-state index contributed by atoms with van der Waals surface area (Å²) < 4.78 is 50.0. The van der Waals surface area contributed by atoms with Gasteiger partial charge in [0.2, 0.25) is 0 Å². The molecule has 15 rings (SSSR count). The zero-order valence-corrected chi connectivity index (χ0v) is 86.9. The van der Waals surface area contributed by atoms with E-state index >= 15 is 0 Å². The number of anilines is 10. The van der Waals surface area contributed by atoms with Crippen molar-refractivity contribution in [3.63, 3.8) is 0 Å². The van der Waals surface area contributed by atoms with Crippen LogP contribution in [0.25, 0.3) is 0 Å². The number of carbonyl (C=O) groups is 12. The van der Waals surface area contributed by atoms with Crippen molar-refractivity contribution in [3.8, 4) is 0 Å². The Hall–Kier alpha value is -15.5. The second-order valence-electron chi connectivity index (χ2n) is 37.6. The second kappa shape index (κ2) is 58.9. The molecule has 11 amide bonds. The molecule has 0 spiro atoms. The summed E-state index contributed by atoms with van der Waals surface area (Å²) >= 11 is 0. The summed E-state index contributed by atoms with van der Waals surface area (Å²) in [5.74, 6) is -6.33. The molecule has 0 aliphatic carbocycles. The van der Waals surface area contributed by atoms with Gasteiger partial charge in [0, 0.05) is 94.2 Å². The molecule has 794 valence electrons. The predicted molar refractivity (Wildman–Crippen MR) is 557 cm³/mol. The maximum Gasteiger partial charge on any atom is 1.00 e. The van der Waals surface area contributed by atoms with Gasteiger partial charge in [-0.15, -0.1) is 0 Å². The Bertz CT molecular complexity index is 5840. The van der Waals surface area contributed by atoms with Gasteiger partial charge in [-0.05, 0) is 289 Å². The van der Waals surface area contributed by atoms with E-state index in [1.807, 2.05) is 67.0 Å². The predicted octanol–water partition coefficient (Wildman–Crippen LogP) is 13.3. The number of nitrogen functional groups attached to an aromatic ring is 3. The first-order valence-electron chi connectivity index (χ1n) is 49.1. The van der Waals surface area contributed by atoms with Crippen LogP contribution in [0.2, 0.25) is 0 Å². The number of ether oxygens (including phenoxy) is 3. The Balaban J connectivity index is 0.000000220. The Morgan fingerprint density at radius 3 is 0.887 bits per heavy atom. The van der Waals surface area contributed by atoms with Gasteiger partial charge < -0.3 is 89.8 Å². The van der Waals surface area contributed by atoms with Gasteiger partial charge >= 0.3 is 96.4 Å². The van der Waals surface area contributed by atoms with Gasteiger partial charge in [-0.2, -0.15) is 19.6 Å². The fourth-order valence-electron chi connectivity index (χ4n) is 16.1. The number of hydrogen-bond donors (Lipinski definition) is 11. The largest absolute Gasteiger partial charge is 1.00 e. The monoisotopic (exact) mass is 2060 g/mol. The van der Waals surface area contributed by atoms with E-state index in [9.17, 15) is 70.7 Å². The van der Waals surface area contributed by atoms with Crippen molar-refractivity contribution >= 4 is 129 Å². The molecule has 10 aromatic heterocycles. The Morgan fingerprint density at radius 1 is 0.380 bits per heavy atom. The summed E-state index contributed by atoms with van der Waals surface area (Å²) in [7, 11) is 0. The van der Waals surface area contributed by atoms with Crippen molar-refractivity contribution < 1.29 is 104 Å². The third kappa shape index (κ3) is 39.0. The summed E-state index contributed by atoms with van der Waals surface area (Å²) in [5, 5.41) is 21.0. The van der Waals surface area contributed by atoms with Crippen LogP contribution >= 0.6 is 0 Å². The third-order valence-corrected chi connectivity index (χ3v) is 23.5. The number of unbranched alkanes of at least 4 members (excludes halogenated alkanes) is 1. The summed E-state index contributed by atoms with van der Waals surface area (Å²) in [6.45, 7) is 26.2. The van der Waals surface area contributed by atoms with E-state index < -0.39 is 95.3 Å². The van der Waals surface area contributed by atoms with E-state index in [1.165, 1.54) is 62.1 Å². The summed E-state index contributed by atoms with van der Waals surface area (Å²) in [6.07, 6.45) is 35.3. The van der Waals surface area contributed by atoms with Gasteiger partial charge in [0.15, 0.2) is 6.61 Å². The Kier molecular flexibility index (Phi) is 47.0. The van der Waals surface area contributed by atoms with Crippen LogP contribution in [0, 0.1) is 41.5 Å². The average Bonchev–Trinajstić information content (AvgIpc) is 0.819. The number of piperidine rings is 5. The number of alkyl halides is 3. The molecule has 5 aliphatic heterocycles. The molecule has 14 N–H and O–H groups in total. The van der Waals surface area contributed by atoms with Gasteiger partial charge in [0.25, 0.3) is 0 Å². The van der Waals surface area contributed by atoms with Gasteiger partial charge in [-0.1, -0.05) is 50.1 Å². The zero-order chi connectivity index (χ0) is 108. The third-order valence-electron chi connectivity index (χ3n) is 23.5. The van der Waals surface area contributed by atoms with Crippen molar-refractivity contribution in [2.75, 3.05) is 93.7 Å². The molecule has 5 saturated heterocycles. The number of aryl methyl sites for hydroxylation is 5. The Morgan fingerprint density at radius 2 is 0.647 bits per heavy atom. The number of pyridine rings is 10. The van der Waals surface area contributed by atoms with Gasteiger partial charge in [0.05, 0.1) is 83.6 Å². The Labute approximate surface area is 882 Å². The van der Waals surface area contributed by atoms with E-state index in [0.717, 1.165) is 135 Å². The van der Waals surface area contributed by atoms with E-state index in [-0.39, 0.29) is 54.5 Å². The van der Waals surface area contributed by atoms with Crippen LogP contribution in [0.3, 0.4) is 0 Å². The molecule has 0 aromatic carbocycles. The van der Waals surface area contributed by atoms with Crippen molar-refractivity contribution in [3.05, 3.63) is 247 Å². The summed E-state index contributed by atoms with van der Waals surface area (Å²) in [6, 6.07) is 27.4. The van der Waals surface area contributed by atoms with E-state index in [1.54, 1.807) is 170 Å². The molecule has 5 aliphatic rings. The number of halogens is 3. The van der Waals surface area contributed by atoms with Crippen molar-refractivity contribution in [1.82, 2.24) is 74.8 Å². The quantitative estimate of drug-likeness (QED) is 0.0158. The normalized spacial score (nSPS) is 16.1. The molecule has 0 saturated carbocycles. The van der Waals surface area contributed by atoms with Crippen LogP contribution < -0.4 is 78.6 Å². The number of esters is 1. The maximum atomic E-state index is 12.9. The fraction of sp³-hybridized carbons (Fsp3) is 0.406. The average molecular weight is 2060 g/mol. The molecule has 150 heavy (non-hydrogen) atoms. The van der Waals surface area contributed by atoms with Crippen LogP contribution in [0.4, 0.5) is 80.3 Å². The van der Waals surface area contributed by atoms with E-state index in [4.69, 9.17) is 26.7 Å². The van der Waals surface area contributed by atoms with Crippen LogP contribution in [0.15, 0.2) is 184 Å². The number of carbonyl (C=O) groups excluding carboxylic acids is 12. The summed E-state index contributed by atoms with van der Waals surface area (Å²) in [4.78, 5) is 194. The van der Waals surface area contributed by atoms with Crippen LogP contribution in [0.5, 0.6) is 0 Å². The molecule has 3 unspecified atom stereocenters. The molecule has 44 heteroatoms. The molecular formula is C106H133F3LiN25O15. The maximum absolute atomic E-state index is 12.9. The van der Waals surface area contributed by atoms with Gasteiger partial charge in [-0.3, -0.25) is 78.7 Å². The van der Waals surface area contributed by atoms with Crippen LogP contribution in [-0.4, -0.2) is 197 Å². The minimum Gasteiger partial charge on any atom is -0.449 e. The van der Waals surface area contributed by atoms with E-state index in [2.05, 4.69) is 117 Å². The first kappa shape index (κ1) is 120. The second-order valence-corrected chi connectivity index (χ2v) is 37.6. The van der Waals surface area contributed by atoms with Crippen molar-refractivity contribution in [2.24, 2.45) is 0 Å². The first-order chi connectivity index (χ1) is 71.0. The number of rotatable bonds is 14. The summed E-state index contributed by atoms with van der Waals surface area (Å²) in [5.41, 5.74) is 25.8. The van der Waals surface area contributed by atoms with Crippen LogP contribution in [-0.2, 0) is 62.2 Å². The number of amides is 11. The molecule has 40 nitrogen and oxygen atoms in total. The number of nitrogens with one attached hydrogen (secondary N) is 8. The molecule has 0 radical (unpaired) electrons. The molecule has 0 bridgehead atoms. The molecule has 10 aromatic rings. The number of aromatic nitrogens is 10. The standard InChI is InChI=1S/C23H29N5O4.3C18H21N5O2.C15H18F3N3O5.C10H14N2.C4H9.Li/c1-15-12-17(14-25-19(15)27-22(31)32-23(2,3)4)26-20(29)21(30)28-11-6-5-9-18(28)16-8-7-10-24-13-16;3*1-12-9-14(11-21-16(12)19)22-17(24)18(25)23-8-3-2-6-15(23)13-5-4-7-20-10-13;1-8-5-9(20-11(22)12(23)25-7-15(16,17)18)6-19-10(8)21-13(24)26-14(2,3)4;1-2-7-12-10(5-1)9-4-3-6-11-8-9;1-3-4-2;/h7-8,10,12-14,18H,5-6,9,11H2,1-4H3,(H,26,29)(H,25,27,31);3*4-5,7,9-11,15H,2-3,6,8H2,1H3,(H2,19,21)(H,22,24);5-6H,7H2,1-4H3,(H,20,22)(H,19,21,24);3-4,6,8,10,12H,1-2,5,7H2;1,3-4H2,2H3;/q;;;;;;-1;+1/t;2*15-;;;;;/m.10...../s1.